The van der Waals surface area contributed by atoms with Crippen LogP contribution in [0.25, 0.3) is 0 Å². The maximum Gasteiger partial charge on any atom is 0.191 e. The molecule has 1 aromatic carbocycles. The lowest BCUT2D eigenvalue weighted by molar-refractivity contribution is 0.499. The number of guanidine groups is 1. The van der Waals surface area contributed by atoms with Gasteiger partial charge in [0.25, 0.3) is 0 Å². The fraction of sp³-hybridized carbons (Fsp3) is 0.562. The Hall–Kier alpha value is -1.65. The van der Waals surface area contributed by atoms with Crippen LogP contribution in [-0.4, -0.2) is 24.1 Å². The normalized spacial score (nSPS) is 22.1. The van der Waals surface area contributed by atoms with E-state index in [0.717, 1.165) is 0 Å². The predicted molar refractivity (Wildman–Crippen MR) is 81.5 cm³/mol. The fourth-order valence-corrected chi connectivity index (χ4v) is 2.35. The molecule has 1 saturated carbocycles. The van der Waals surface area contributed by atoms with Gasteiger partial charge >= 0.3 is 0 Å². The smallest absolute Gasteiger partial charge is 0.191 e. The summed E-state index contributed by atoms with van der Waals surface area (Å²) in [7, 11) is 0. The second kappa shape index (κ2) is 6.00. The Kier molecular flexibility index (Phi) is 4.49. The third-order valence-corrected chi connectivity index (χ3v) is 3.29. The number of benzene rings is 1. The summed E-state index contributed by atoms with van der Waals surface area (Å²) in [5, 5.41) is 6.54. The molecule has 2 N–H and O–H groups in total. The van der Waals surface area contributed by atoms with Gasteiger partial charge in [0.05, 0.1) is 0 Å². The third-order valence-electron chi connectivity index (χ3n) is 3.29. The molecule has 3 nitrogen and oxygen atoms in total. The van der Waals surface area contributed by atoms with Crippen molar-refractivity contribution in [1.82, 2.24) is 10.6 Å². The van der Waals surface area contributed by atoms with Crippen molar-refractivity contribution in [2.75, 3.05) is 6.54 Å². The standard InChI is InChI=1S/C16H23F2N3/c1-5-19-15(21-16(2,3)4)20-13-9-10(13)14-11(17)7-6-8-12(14)18/h6-8,10,13H,5,9H2,1-4H3,(H2,19,20,21). The number of aliphatic imine (C=N–C) groups is 1. The second-order valence-electron chi connectivity index (χ2n) is 6.43. The average Bonchev–Trinajstić information content (AvgIpc) is 3.06. The number of nitrogens with zero attached hydrogens (tertiary/aromatic N) is 1. The molecule has 0 spiro atoms. The molecule has 0 bridgehead atoms. The largest absolute Gasteiger partial charge is 0.353 e. The van der Waals surface area contributed by atoms with Crippen LogP contribution in [-0.2, 0) is 0 Å². The van der Waals surface area contributed by atoms with E-state index in [1.54, 1.807) is 0 Å². The summed E-state index contributed by atoms with van der Waals surface area (Å²) in [6.07, 6.45) is 0.715. The van der Waals surface area contributed by atoms with Gasteiger partial charge in [0.15, 0.2) is 5.96 Å². The zero-order valence-corrected chi connectivity index (χ0v) is 13.0. The molecule has 2 atom stereocenters. The van der Waals surface area contributed by atoms with Gasteiger partial charge in [-0.05, 0) is 46.2 Å². The van der Waals surface area contributed by atoms with Crippen molar-refractivity contribution in [2.45, 2.75) is 51.6 Å². The summed E-state index contributed by atoms with van der Waals surface area (Å²) in [5.74, 6) is -0.381. The lowest BCUT2D eigenvalue weighted by Crippen LogP contribution is -2.48. The maximum absolute atomic E-state index is 13.8. The molecule has 1 aliphatic rings. The van der Waals surface area contributed by atoms with Gasteiger partial charge < -0.3 is 10.6 Å². The Bertz CT molecular complexity index is 515. The topological polar surface area (TPSA) is 36.4 Å². The summed E-state index contributed by atoms with van der Waals surface area (Å²) in [5.41, 5.74) is 0.0656. The minimum Gasteiger partial charge on any atom is -0.353 e. The van der Waals surface area contributed by atoms with E-state index in [0.29, 0.717) is 18.9 Å². The summed E-state index contributed by atoms with van der Waals surface area (Å²) < 4.78 is 27.5. The molecule has 0 aromatic heterocycles. The monoisotopic (exact) mass is 295 g/mol. The van der Waals surface area contributed by atoms with Crippen molar-refractivity contribution in [3.8, 4) is 0 Å². The molecule has 0 saturated heterocycles. The van der Waals surface area contributed by atoms with Crippen LogP contribution in [0.2, 0.25) is 0 Å². The van der Waals surface area contributed by atoms with Crippen molar-refractivity contribution in [1.29, 1.82) is 0 Å². The number of rotatable bonds is 3. The van der Waals surface area contributed by atoms with Gasteiger partial charge in [-0.25, -0.2) is 8.78 Å². The number of nitrogens with one attached hydrogen (secondary N) is 2. The van der Waals surface area contributed by atoms with E-state index in [4.69, 9.17) is 0 Å². The average molecular weight is 295 g/mol. The predicted octanol–water partition coefficient (Wildman–Crippen LogP) is 3.17. The van der Waals surface area contributed by atoms with Crippen LogP contribution in [0.5, 0.6) is 0 Å². The first-order chi connectivity index (χ1) is 9.81. The molecule has 2 unspecified atom stereocenters. The van der Waals surface area contributed by atoms with Crippen LogP contribution in [0.1, 0.15) is 45.6 Å². The zero-order chi connectivity index (χ0) is 15.6. The molecular formula is C16H23F2N3. The van der Waals surface area contributed by atoms with Crippen LogP contribution in [0, 0.1) is 11.6 Å². The van der Waals surface area contributed by atoms with E-state index in [9.17, 15) is 8.78 Å². The highest BCUT2D eigenvalue weighted by Gasteiger charge is 2.42. The molecule has 21 heavy (non-hydrogen) atoms. The molecule has 1 fully saturated rings. The van der Waals surface area contributed by atoms with E-state index in [2.05, 4.69) is 15.6 Å². The Morgan fingerprint density at radius 1 is 1.29 bits per heavy atom. The fourth-order valence-electron chi connectivity index (χ4n) is 2.35. The minimum absolute atomic E-state index is 0.0246. The summed E-state index contributed by atoms with van der Waals surface area (Å²) in [6.45, 7) is 8.73. The molecule has 0 heterocycles. The quantitative estimate of drug-likeness (QED) is 0.664. The molecule has 5 heteroatoms. The van der Waals surface area contributed by atoms with Crippen molar-refractivity contribution >= 4 is 5.96 Å². The molecular weight excluding hydrogens is 272 g/mol. The first-order valence-corrected chi connectivity index (χ1v) is 7.35. The van der Waals surface area contributed by atoms with Crippen LogP contribution < -0.4 is 10.6 Å². The highest BCUT2D eigenvalue weighted by Crippen LogP contribution is 2.43. The highest BCUT2D eigenvalue weighted by molar-refractivity contribution is 5.81. The van der Waals surface area contributed by atoms with Gasteiger partial charge in [-0.1, -0.05) is 6.07 Å². The Morgan fingerprint density at radius 3 is 2.43 bits per heavy atom. The van der Waals surface area contributed by atoms with E-state index >= 15 is 0 Å². The van der Waals surface area contributed by atoms with E-state index in [-0.39, 0.29) is 23.1 Å². The number of hydrogen-bond acceptors (Lipinski definition) is 1. The van der Waals surface area contributed by atoms with Crippen molar-refractivity contribution in [3.05, 3.63) is 35.4 Å². The SMILES string of the molecule is CCN=C(NC1CC1c1c(F)cccc1F)NC(C)(C)C. The van der Waals surface area contributed by atoms with E-state index < -0.39 is 11.6 Å². The molecule has 0 radical (unpaired) electrons. The third kappa shape index (κ3) is 4.16. The molecule has 116 valence electrons. The Balaban J connectivity index is 2.04. The number of hydrogen-bond donors (Lipinski definition) is 2. The van der Waals surface area contributed by atoms with E-state index in [1.807, 2.05) is 27.7 Å². The van der Waals surface area contributed by atoms with Crippen molar-refractivity contribution in [2.24, 2.45) is 4.99 Å². The first-order valence-electron chi connectivity index (χ1n) is 7.35. The van der Waals surface area contributed by atoms with Crippen LogP contribution in [0.15, 0.2) is 23.2 Å². The number of halogens is 2. The molecule has 0 aliphatic heterocycles. The van der Waals surface area contributed by atoms with Gasteiger partial charge in [-0.2, -0.15) is 0 Å². The lowest BCUT2D eigenvalue weighted by atomic mass is 10.1. The first kappa shape index (κ1) is 15.7. The molecule has 2 rings (SSSR count). The van der Waals surface area contributed by atoms with Gasteiger partial charge in [0.2, 0.25) is 0 Å². The van der Waals surface area contributed by atoms with Gasteiger partial charge in [0, 0.05) is 29.6 Å². The van der Waals surface area contributed by atoms with Crippen molar-refractivity contribution < 1.29 is 8.78 Å². The minimum atomic E-state index is -0.470. The lowest BCUT2D eigenvalue weighted by Gasteiger charge is -2.24. The van der Waals surface area contributed by atoms with Crippen LogP contribution in [0.3, 0.4) is 0 Å². The Labute approximate surface area is 124 Å². The van der Waals surface area contributed by atoms with Crippen LogP contribution in [0.4, 0.5) is 8.78 Å². The second-order valence-corrected chi connectivity index (χ2v) is 6.43. The molecule has 1 aliphatic carbocycles. The van der Waals surface area contributed by atoms with Gasteiger partial charge in [0.1, 0.15) is 11.6 Å². The van der Waals surface area contributed by atoms with Crippen LogP contribution >= 0.6 is 0 Å². The molecule has 0 amide bonds. The maximum atomic E-state index is 13.8. The molecule has 1 aromatic rings. The summed E-state index contributed by atoms with van der Waals surface area (Å²) in [4.78, 5) is 4.37. The van der Waals surface area contributed by atoms with Gasteiger partial charge in [-0.15, -0.1) is 0 Å². The Morgan fingerprint density at radius 2 is 1.90 bits per heavy atom. The zero-order valence-electron chi connectivity index (χ0n) is 13.0. The van der Waals surface area contributed by atoms with Crippen molar-refractivity contribution in [3.63, 3.8) is 0 Å². The van der Waals surface area contributed by atoms with E-state index in [1.165, 1.54) is 18.2 Å². The summed E-state index contributed by atoms with van der Waals surface area (Å²) in [6, 6.07) is 4.03. The van der Waals surface area contributed by atoms with Gasteiger partial charge in [-0.3, -0.25) is 4.99 Å². The summed E-state index contributed by atoms with van der Waals surface area (Å²) >= 11 is 0. The highest BCUT2D eigenvalue weighted by atomic mass is 19.1.